The molecule has 0 aliphatic rings. The van der Waals surface area contributed by atoms with E-state index < -0.39 is 0 Å². The lowest BCUT2D eigenvalue weighted by Crippen LogP contribution is -2.33. The second-order valence-electron chi connectivity index (χ2n) is 8.13. The monoisotopic (exact) mass is 433 g/mol. The summed E-state index contributed by atoms with van der Waals surface area (Å²) in [5.74, 6) is 0.873. The molecule has 166 valence electrons. The van der Waals surface area contributed by atoms with Crippen LogP contribution in [-0.2, 0) is 0 Å². The quantitative estimate of drug-likeness (QED) is 0.207. The highest BCUT2D eigenvalue weighted by Gasteiger charge is 2.15. The van der Waals surface area contributed by atoms with Gasteiger partial charge in [0, 0.05) is 12.7 Å². The first-order valence-electron chi connectivity index (χ1n) is 11.6. The molecule has 0 aliphatic heterocycles. The third-order valence-corrected chi connectivity index (χ3v) is 6.00. The van der Waals surface area contributed by atoms with Gasteiger partial charge in [-0.05, 0) is 65.4 Å². The van der Waals surface area contributed by atoms with Gasteiger partial charge in [0.05, 0.1) is 0 Å². The van der Waals surface area contributed by atoms with Crippen LogP contribution in [0.3, 0.4) is 0 Å². The molecule has 0 fully saturated rings. The van der Waals surface area contributed by atoms with E-state index in [-0.39, 0.29) is 6.23 Å². The molecule has 0 saturated carbocycles. The summed E-state index contributed by atoms with van der Waals surface area (Å²) in [5, 5.41) is 0. The summed E-state index contributed by atoms with van der Waals surface area (Å²) >= 11 is 0. The number of nitrogens with zero attached hydrogens (tertiary/aromatic N) is 1. The van der Waals surface area contributed by atoms with Gasteiger partial charge in [-0.25, -0.2) is 0 Å². The van der Waals surface area contributed by atoms with Crippen molar-refractivity contribution < 1.29 is 4.74 Å². The Labute approximate surface area is 197 Å². The molecule has 2 heteroatoms. The van der Waals surface area contributed by atoms with Crippen LogP contribution in [0.4, 0.5) is 5.69 Å². The van der Waals surface area contributed by atoms with Crippen molar-refractivity contribution in [2.24, 2.45) is 0 Å². The Morgan fingerprint density at radius 3 is 1.70 bits per heavy atom. The number of benzene rings is 4. The first-order valence-corrected chi connectivity index (χ1v) is 11.6. The van der Waals surface area contributed by atoms with Crippen LogP contribution in [0.1, 0.15) is 37.0 Å². The van der Waals surface area contributed by atoms with E-state index in [2.05, 4.69) is 111 Å². The number of rotatable bonds is 8. The van der Waals surface area contributed by atoms with Crippen LogP contribution >= 0.6 is 0 Å². The summed E-state index contributed by atoms with van der Waals surface area (Å²) in [6, 6.07) is 40.1. The molecule has 1 unspecified atom stereocenters. The third-order valence-electron chi connectivity index (χ3n) is 6.00. The molecule has 0 bridgehead atoms. The minimum Gasteiger partial charge on any atom is -0.471 e. The molecule has 0 N–H and O–H groups in total. The van der Waals surface area contributed by atoms with Gasteiger partial charge in [-0.3, -0.25) is 0 Å². The molecule has 0 heterocycles. The topological polar surface area (TPSA) is 12.5 Å². The Hall–Kier alpha value is -3.78. The van der Waals surface area contributed by atoms with Crippen LogP contribution in [0.5, 0.6) is 5.75 Å². The van der Waals surface area contributed by atoms with E-state index in [1.54, 1.807) is 0 Å². The van der Waals surface area contributed by atoms with Crippen molar-refractivity contribution >= 4 is 16.8 Å². The van der Waals surface area contributed by atoms with E-state index in [0.717, 1.165) is 17.9 Å². The molecule has 4 rings (SSSR count). The molecule has 33 heavy (non-hydrogen) atoms. The van der Waals surface area contributed by atoms with E-state index in [0.29, 0.717) is 0 Å². The zero-order chi connectivity index (χ0) is 23.0. The van der Waals surface area contributed by atoms with Crippen LogP contribution in [-0.4, -0.2) is 13.3 Å². The third kappa shape index (κ3) is 5.35. The van der Waals surface area contributed by atoms with Gasteiger partial charge in [0.2, 0.25) is 0 Å². The average molecular weight is 434 g/mol. The van der Waals surface area contributed by atoms with Gasteiger partial charge in [0.1, 0.15) is 5.75 Å². The van der Waals surface area contributed by atoms with E-state index in [1.807, 2.05) is 30.3 Å². The number of allylic oxidation sites excluding steroid dienone is 1. The number of hydrogen-bond donors (Lipinski definition) is 0. The highest BCUT2D eigenvalue weighted by Crippen LogP contribution is 2.35. The molecule has 2 nitrogen and oxygen atoms in total. The van der Waals surface area contributed by atoms with E-state index in [4.69, 9.17) is 4.74 Å². The van der Waals surface area contributed by atoms with Gasteiger partial charge in [0.25, 0.3) is 0 Å². The van der Waals surface area contributed by atoms with Gasteiger partial charge < -0.3 is 9.64 Å². The zero-order valence-electron chi connectivity index (χ0n) is 19.6. The second kappa shape index (κ2) is 10.7. The van der Waals surface area contributed by atoms with Crippen LogP contribution in [0.2, 0.25) is 0 Å². The Balaban J connectivity index is 1.67. The van der Waals surface area contributed by atoms with Crippen molar-refractivity contribution in [1.82, 2.24) is 0 Å². The van der Waals surface area contributed by atoms with Gasteiger partial charge in [-0.1, -0.05) is 97.9 Å². The predicted molar refractivity (Wildman–Crippen MR) is 140 cm³/mol. The molecule has 4 aromatic rings. The summed E-state index contributed by atoms with van der Waals surface area (Å²) in [7, 11) is 2.07. The van der Waals surface area contributed by atoms with Crippen molar-refractivity contribution in [2.45, 2.75) is 26.5 Å². The maximum atomic E-state index is 6.11. The van der Waals surface area contributed by atoms with Gasteiger partial charge in [-0.2, -0.15) is 0 Å². The molecular weight excluding hydrogens is 402 g/mol. The number of anilines is 1. The number of para-hydroxylation sites is 1. The van der Waals surface area contributed by atoms with Crippen molar-refractivity contribution in [3.05, 3.63) is 132 Å². The smallest absolute Gasteiger partial charge is 0.169 e. The molecule has 1 atom stereocenters. The second-order valence-corrected chi connectivity index (χ2v) is 8.13. The number of ether oxygens (including phenoxy) is 1. The Morgan fingerprint density at radius 2 is 1.15 bits per heavy atom. The molecule has 0 spiro atoms. The van der Waals surface area contributed by atoms with E-state index >= 15 is 0 Å². The van der Waals surface area contributed by atoms with Crippen molar-refractivity contribution in [2.75, 3.05) is 11.9 Å². The van der Waals surface area contributed by atoms with Gasteiger partial charge in [-0.15, -0.1) is 0 Å². The van der Waals surface area contributed by atoms with E-state index in [1.165, 1.54) is 27.8 Å². The van der Waals surface area contributed by atoms with Crippen LogP contribution in [0, 0.1) is 0 Å². The molecular formula is C31H31NO. The van der Waals surface area contributed by atoms with Gasteiger partial charge in [0.15, 0.2) is 6.23 Å². The fourth-order valence-corrected chi connectivity index (χ4v) is 4.13. The zero-order valence-corrected chi connectivity index (χ0v) is 19.6. The van der Waals surface area contributed by atoms with Crippen LogP contribution in [0.15, 0.2) is 115 Å². The fourth-order valence-electron chi connectivity index (χ4n) is 4.13. The van der Waals surface area contributed by atoms with Crippen LogP contribution in [0.25, 0.3) is 11.1 Å². The maximum Gasteiger partial charge on any atom is 0.169 e. The van der Waals surface area contributed by atoms with Gasteiger partial charge >= 0.3 is 0 Å². The molecule has 0 radical (unpaired) electrons. The molecule has 0 amide bonds. The lowest BCUT2D eigenvalue weighted by Gasteiger charge is -2.28. The summed E-state index contributed by atoms with van der Waals surface area (Å²) < 4.78 is 6.11. The predicted octanol–water partition coefficient (Wildman–Crippen LogP) is 7.92. The molecule has 0 aliphatic carbocycles. The molecule has 0 saturated heterocycles. The van der Waals surface area contributed by atoms with Crippen molar-refractivity contribution in [3.63, 3.8) is 0 Å². The molecule has 0 aromatic heterocycles. The van der Waals surface area contributed by atoms with Crippen LogP contribution < -0.4 is 9.64 Å². The van der Waals surface area contributed by atoms with Crippen molar-refractivity contribution in [1.29, 1.82) is 0 Å². The lowest BCUT2D eigenvalue weighted by atomic mass is 9.88. The summed E-state index contributed by atoms with van der Waals surface area (Å²) in [4.78, 5) is 2.15. The standard InChI is InChI=1S/C31H31NO/c1-4-30(25-14-8-5-9-15-25)31(26-16-10-6-11-17-26)27-20-22-28(23-21-27)32(3)24(2)33-29-18-12-7-13-19-29/h5-24H,4H2,1-3H3. The first-order chi connectivity index (χ1) is 16.2. The summed E-state index contributed by atoms with van der Waals surface area (Å²) in [6.07, 6.45) is 0.871. The maximum absolute atomic E-state index is 6.11. The summed E-state index contributed by atoms with van der Waals surface area (Å²) in [6.45, 7) is 4.30. The van der Waals surface area contributed by atoms with E-state index in [9.17, 15) is 0 Å². The lowest BCUT2D eigenvalue weighted by molar-refractivity contribution is 0.222. The normalized spacial score (nSPS) is 12.6. The SMILES string of the molecule is CCC(=C(c1ccccc1)c1ccc(N(C)C(C)Oc2ccccc2)cc1)c1ccccc1. The molecule has 4 aromatic carbocycles. The Bertz CT molecular complexity index is 1170. The fraction of sp³-hybridized carbons (Fsp3) is 0.161. The first kappa shape index (κ1) is 22.4. The highest BCUT2D eigenvalue weighted by atomic mass is 16.5. The Kier molecular flexibility index (Phi) is 7.26. The highest BCUT2D eigenvalue weighted by molar-refractivity contribution is 5.98. The average Bonchev–Trinajstić information content (AvgIpc) is 2.88. The van der Waals surface area contributed by atoms with Crippen molar-refractivity contribution in [3.8, 4) is 5.75 Å². The minimum absolute atomic E-state index is 0.0853. The largest absolute Gasteiger partial charge is 0.471 e. The Morgan fingerprint density at radius 1 is 0.667 bits per heavy atom. The number of hydrogen-bond acceptors (Lipinski definition) is 2. The summed E-state index contributed by atoms with van der Waals surface area (Å²) in [5.41, 5.74) is 7.48. The minimum atomic E-state index is -0.0853.